The molecule has 35 heavy (non-hydrogen) atoms. The molecule has 9 nitrogen and oxygen atoms in total. The van der Waals surface area contributed by atoms with Crippen LogP contribution in [0.3, 0.4) is 0 Å². The average molecular weight is 499 g/mol. The summed E-state index contributed by atoms with van der Waals surface area (Å²) in [6.45, 7) is 2.90. The molecule has 2 N–H and O–H groups in total. The van der Waals surface area contributed by atoms with Crippen LogP contribution in [0.1, 0.15) is 65.2 Å². The molecular weight excluding hydrogens is 467 g/mol. The third-order valence-electron chi connectivity index (χ3n) is 9.28. The van der Waals surface area contributed by atoms with E-state index in [1.165, 1.54) is 0 Å². The third-order valence-corrected chi connectivity index (χ3v) is 9.28. The van der Waals surface area contributed by atoms with E-state index in [9.17, 15) is 39.3 Å². The van der Waals surface area contributed by atoms with Crippen molar-refractivity contribution in [2.75, 3.05) is 6.61 Å². The molecule has 0 amide bonds. The number of carboxylic acids is 1. The van der Waals surface area contributed by atoms with Gasteiger partial charge in [-0.2, -0.15) is 0 Å². The Morgan fingerprint density at radius 3 is 2.51 bits per heavy atom. The number of fused-ring (bicyclic) bond motifs is 5. The number of carbonyl (C=O) groups excluding carboxylic acids is 5. The molecule has 7 atom stereocenters. The van der Waals surface area contributed by atoms with Crippen molar-refractivity contribution in [3.05, 3.63) is 11.6 Å². The minimum absolute atomic E-state index is 0. The number of hydrogen-bond acceptors (Lipinski definition) is 9. The Bertz CT molecular complexity index is 989. The van der Waals surface area contributed by atoms with E-state index < -0.39 is 65.6 Å². The van der Waals surface area contributed by atoms with Crippen LogP contribution in [0, 0.1) is 28.6 Å². The zero-order chi connectivity index (χ0) is 25.1. The Morgan fingerprint density at radius 2 is 1.86 bits per heavy atom. The fraction of sp³-hybridized carbons (Fsp3) is 0.720. The number of carbonyl (C=O) groups is 5. The molecule has 0 heterocycles. The van der Waals surface area contributed by atoms with Crippen LogP contribution in [0.5, 0.6) is 0 Å². The maximum Gasteiger partial charge on any atom is 1.00 e. The SMILES string of the molecule is C[C@@]12C(=CC(=O)CC1O)CCC1C2C(=O)C[C@@]2(C)C1CC[C@]2(O)C(=O)COC(=O)CCC(=O)[O-].[Na+]. The topological polar surface area (TPSA) is 158 Å². The first kappa shape index (κ1) is 28.2. The van der Waals surface area contributed by atoms with Gasteiger partial charge in [-0.05, 0) is 50.0 Å². The van der Waals surface area contributed by atoms with Crippen molar-refractivity contribution >= 4 is 29.3 Å². The van der Waals surface area contributed by atoms with E-state index in [1.807, 2.05) is 6.92 Å². The Hall–Kier alpha value is -1.39. The van der Waals surface area contributed by atoms with E-state index in [0.29, 0.717) is 19.3 Å². The van der Waals surface area contributed by atoms with Crippen molar-refractivity contribution in [2.45, 2.75) is 76.9 Å². The van der Waals surface area contributed by atoms with E-state index in [4.69, 9.17) is 4.74 Å². The smallest absolute Gasteiger partial charge is 0.550 e. The minimum Gasteiger partial charge on any atom is -0.550 e. The monoisotopic (exact) mass is 498 g/mol. The molecule has 4 unspecified atom stereocenters. The molecule has 4 rings (SSSR count). The number of aliphatic carboxylic acids is 1. The van der Waals surface area contributed by atoms with Crippen molar-refractivity contribution in [3.8, 4) is 0 Å². The predicted molar refractivity (Wildman–Crippen MR) is 114 cm³/mol. The van der Waals surface area contributed by atoms with Gasteiger partial charge in [-0.1, -0.05) is 19.4 Å². The minimum atomic E-state index is -1.86. The first-order chi connectivity index (χ1) is 15.8. The van der Waals surface area contributed by atoms with Crippen molar-refractivity contribution in [2.24, 2.45) is 28.6 Å². The third kappa shape index (κ3) is 4.37. The Labute approximate surface area is 226 Å². The van der Waals surface area contributed by atoms with Gasteiger partial charge in [-0.3, -0.25) is 19.2 Å². The van der Waals surface area contributed by atoms with E-state index in [-0.39, 0.29) is 72.2 Å². The fourth-order valence-electron chi connectivity index (χ4n) is 7.42. The van der Waals surface area contributed by atoms with Crippen molar-refractivity contribution < 1.29 is 73.6 Å². The summed E-state index contributed by atoms with van der Waals surface area (Å²) in [6.07, 6.45) is 1.42. The van der Waals surface area contributed by atoms with Crippen molar-refractivity contribution in [1.29, 1.82) is 0 Å². The van der Waals surface area contributed by atoms with Crippen LogP contribution in [0.2, 0.25) is 0 Å². The molecule has 4 aliphatic rings. The normalized spacial score (nSPS) is 39.9. The zero-order valence-electron chi connectivity index (χ0n) is 20.5. The second kappa shape index (κ2) is 9.82. The van der Waals surface area contributed by atoms with E-state index >= 15 is 0 Å². The quantitative estimate of drug-likeness (QED) is 0.288. The van der Waals surface area contributed by atoms with E-state index in [2.05, 4.69) is 0 Å². The van der Waals surface area contributed by atoms with Crippen LogP contribution in [-0.4, -0.2) is 57.8 Å². The number of ether oxygens (including phenoxy) is 1. The van der Waals surface area contributed by atoms with Crippen molar-refractivity contribution in [1.82, 2.24) is 0 Å². The molecule has 0 aromatic heterocycles. The second-order valence-electron chi connectivity index (χ2n) is 10.8. The van der Waals surface area contributed by atoms with Gasteiger partial charge in [-0.25, -0.2) is 0 Å². The number of hydrogen-bond donors (Lipinski definition) is 2. The molecule has 0 bridgehead atoms. The molecule has 0 saturated heterocycles. The van der Waals surface area contributed by atoms with Crippen LogP contribution in [0.4, 0.5) is 0 Å². The molecule has 0 aromatic carbocycles. The van der Waals surface area contributed by atoms with Crippen LogP contribution >= 0.6 is 0 Å². The molecule has 3 fully saturated rings. The maximum absolute atomic E-state index is 13.6. The summed E-state index contributed by atoms with van der Waals surface area (Å²) < 4.78 is 4.90. The summed E-state index contributed by atoms with van der Waals surface area (Å²) in [5.74, 6) is -4.04. The largest absolute Gasteiger partial charge is 1.00 e. The summed E-state index contributed by atoms with van der Waals surface area (Å²) in [4.78, 5) is 60.9. The molecule has 4 aliphatic carbocycles. The molecule has 0 radical (unpaired) electrons. The summed E-state index contributed by atoms with van der Waals surface area (Å²) >= 11 is 0. The zero-order valence-corrected chi connectivity index (χ0v) is 22.5. The second-order valence-corrected chi connectivity index (χ2v) is 10.8. The molecule has 10 heteroatoms. The number of ketones is 3. The first-order valence-corrected chi connectivity index (χ1v) is 11.9. The number of carboxylic acid groups (broad SMARTS) is 1. The molecular formula is C25H31NaO9. The molecule has 0 aliphatic heterocycles. The number of aliphatic hydroxyl groups is 2. The standard InChI is InChI=1S/C25H32O9.Na/c1-23-11-17(27)22-15(4-3-13-9-14(26)10-18(28)24(13,22)2)16(23)7-8-25(23,33)19(29)12-34-21(32)6-5-20(30)31;/h9,15-16,18,22,28,33H,3-8,10-12H2,1-2H3,(H,30,31);/q;+1/p-1/t15?,16?,18?,22?,23-,24+,25-;/m0./s1. The maximum atomic E-state index is 13.6. The van der Waals surface area contributed by atoms with Crippen LogP contribution in [0.25, 0.3) is 0 Å². The van der Waals surface area contributed by atoms with Gasteiger partial charge in [-0.15, -0.1) is 0 Å². The molecule has 186 valence electrons. The van der Waals surface area contributed by atoms with Gasteiger partial charge in [0.2, 0.25) is 5.78 Å². The summed E-state index contributed by atoms with van der Waals surface area (Å²) in [5.41, 5.74) is -2.94. The number of rotatable bonds is 6. The summed E-state index contributed by atoms with van der Waals surface area (Å²) in [5, 5.41) is 32.9. The molecule has 3 saturated carbocycles. The summed E-state index contributed by atoms with van der Waals surface area (Å²) in [6, 6.07) is 0. The predicted octanol–water partition coefficient (Wildman–Crippen LogP) is -2.95. The van der Waals surface area contributed by atoms with Gasteiger partial charge in [0.25, 0.3) is 0 Å². The fourth-order valence-corrected chi connectivity index (χ4v) is 7.42. The van der Waals surface area contributed by atoms with Gasteiger partial charge in [0.05, 0.1) is 12.5 Å². The van der Waals surface area contributed by atoms with Gasteiger partial charge in [0.1, 0.15) is 11.4 Å². The van der Waals surface area contributed by atoms with Gasteiger partial charge < -0.3 is 24.9 Å². The van der Waals surface area contributed by atoms with E-state index in [0.717, 1.165) is 5.57 Å². The number of esters is 1. The first-order valence-electron chi connectivity index (χ1n) is 11.9. The molecule has 0 spiro atoms. The van der Waals surface area contributed by atoms with Crippen molar-refractivity contribution in [3.63, 3.8) is 0 Å². The van der Waals surface area contributed by atoms with Crippen LogP contribution in [0.15, 0.2) is 11.6 Å². The number of aliphatic hydroxyl groups excluding tert-OH is 1. The van der Waals surface area contributed by atoms with Gasteiger partial charge >= 0.3 is 35.5 Å². The van der Waals surface area contributed by atoms with Crippen LogP contribution < -0.4 is 34.7 Å². The average Bonchev–Trinajstić information content (AvgIpc) is 3.02. The van der Waals surface area contributed by atoms with E-state index in [1.54, 1.807) is 13.0 Å². The Kier molecular flexibility index (Phi) is 7.91. The van der Waals surface area contributed by atoms with Crippen LogP contribution in [-0.2, 0) is 28.7 Å². The molecule has 0 aromatic rings. The van der Waals surface area contributed by atoms with Gasteiger partial charge in [0, 0.05) is 35.6 Å². The number of Topliss-reactive ketones (excluding diaryl/α,β-unsaturated/α-hetero) is 2. The van der Waals surface area contributed by atoms with Gasteiger partial charge in [0.15, 0.2) is 12.4 Å². The summed E-state index contributed by atoms with van der Waals surface area (Å²) in [7, 11) is 0. The Balaban J connectivity index is 0.00000342. The Morgan fingerprint density at radius 1 is 1.17 bits per heavy atom.